The summed E-state index contributed by atoms with van der Waals surface area (Å²) in [7, 11) is 0. The van der Waals surface area contributed by atoms with Gasteiger partial charge in [0.2, 0.25) is 0 Å². The number of hydrogen-bond donors (Lipinski definition) is 0. The van der Waals surface area contributed by atoms with Gasteiger partial charge in [-0.3, -0.25) is 4.79 Å². The van der Waals surface area contributed by atoms with Crippen LogP contribution in [-0.4, -0.2) is 23.8 Å². The Bertz CT molecular complexity index is 156. The van der Waals surface area contributed by atoms with E-state index in [1.54, 1.807) is 0 Å². The third-order valence-corrected chi connectivity index (χ3v) is 1.64. The monoisotopic (exact) mass is 139 g/mol. The molecule has 0 saturated carbocycles. The van der Waals surface area contributed by atoms with Gasteiger partial charge in [0.05, 0.1) is 5.70 Å². The molecule has 1 saturated heterocycles. The van der Waals surface area contributed by atoms with E-state index in [1.165, 1.54) is 0 Å². The summed E-state index contributed by atoms with van der Waals surface area (Å²) in [6.07, 6.45) is 0. The quantitative estimate of drug-likeness (QED) is 0.430. The first-order chi connectivity index (χ1) is 4.63. The van der Waals surface area contributed by atoms with Gasteiger partial charge in [0.1, 0.15) is 0 Å². The van der Waals surface area contributed by atoms with Crippen molar-refractivity contribution in [2.45, 2.75) is 13.8 Å². The van der Waals surface area contributed by atoms with Gasteiger partial charge < -0.3 is 4.90 Å². The van der Waals surface area contributed by atoms with Gasteiger partial charge >= 0.3 is 0 Å². The van der Waals surface area contributed by atoms with Crippen LogP contribution in [-0.2, 0) is 4.79 Å². The maximum Gasteiger partial charge on any atom is 0.180 e. The Morgan fingerprint density at radius 1 is 1.50 bits per heavy atom. The Morgan fingerprint density at radius 3 is 2.30 bits per heavy atom. The van der Waals surface area contributed by atoms with E-state index in [0.29, 0.717) is 5.70 Å². The highest BCUT2D eigenvalue weighted by Crippen LogP contribution is 2.16. The second-order valence-electron chi connectivity index (χ2n) is 2.95. The van der Waals surface area contributed by atoms with Crippen LogP contribution in [0, 0.1) is 5.92 Å². The summed E-state index contributed by atoms with van der Waals surface area (Å²) >= 11 is 0. The second kappa shape index (κ2) is 2.45. The molecule has 1 aliphatic rings. The maximum atomic E-state index is 11.2. The van der Waals surface area contributed by atoms with Crippen molar-refractivity contribution in [2.75, 3.05) is 13.1 Å². The highest BCUT2D eigenvalue weighted by Gasteiger charge is 2.24. The first-order valence-corrected chi connectivity index (χ1v) is 3.61. The molecule has 0 bridgehead atoms. The van der Waals surface area contributed by atoms with Crippen LogP contribution in [0.2, 0.25) is 0 Å². The Morgan fingerprint density at radius 2 is 2.00 bits per heavy atom. The van der Waals surface area contributed by atoms with Crippen molar-refractivity contribution < 1.29 is 4.79 Å². The van der Waals surface area contributed by atoms with Crippen LogP contribution in [0.25, 0.3) is 0 Å². The Kier molecular flexibility index (Phi) is 1.79. The molecule has 0 amide bonds. The molecule has 1 heterocycles. The topological polar surface area (TPSA) is 20.1 Å². The predicted octanol–water partition coefficient (Wildman–Crippen LogP) is 1.04. The summed E-state index contributed by atoms with van der Waals surface area (Å²) in [5.41, 5.74) is 0.690. The van der Waals surface area contributed by atoms with E-state index in [2.05, 4.69) is 6.58 Å². The molecule has 2 heteroatoms. The van der Waals surface area contributed by atoms with Crippen molar-refractivity contribution in [1.29, 1.82) is 0 Å². The van der Waals surface area contributed by atoms with Crippen LogP contribution in [0.4, 0.5) is 0 Å². The van der Waals surface area contributed by atoms with E-state index >= 15 is 0 Å². The fraction of sp³-hybridized carbons (Fsp3) is 0.625. The summed E-state index contributed by atoms with van der Waals surface area (Å²) in [6, 6.07) is 0. The van der Waals surface area contributed by atoms with Gasteiger partial charge in [0.15, 0.2) is 5.78 Å². The van der Waals surface area contributed by atoms with E-state index < -0.39 is 0 Å². The van der Waals surface area contributed by atoms with Crippen LogP contribution >= 0.6 is 0 Å². The molecule has 0 unspecified atom stereocenters. The SMILES string of the molecule is C=C(C(=O)C(C)C)N1CC1. The molecule has 0 aliphatic carbocycles. The number of Topliss-reactive ketones (excluding diaryl/α,β-unsaturated/α-hetero) is 1. The van der Waals surface area contributed by atoms with E-state index in [9.17, 15) is 4.79 Å². The summed E-state index contributed by atoms with van der Waals surface area (Å²) in [6.45, 7) is 9.54. The number of carbonyl (C=O) groups is 1. The molecule has 10 heavy (non-hydrogen) atoms. The molecule has 1 rings (SSSR count). The number of nitrogens with zero attached hydrogens (tertiary/aromatic N) is 1. The fourth-order valence-corrected chi connectivity index (χ4v) is 0.809. The number of allylic oxidation sites excluding steroid dienone is 1. The van der Waals surface area contributed by atoms with Crippen molar-refractivity contribution >= 4 is 5.78 Å². The molecule has 0 atom stereocenters. The van der Waals surface area contributed by atoms with Crippen LogP contribution < -0.4 is 0 Å². The normalized spacial score (nSPS) is 15.7. The summed E-state index contributed by atoms with van der Waals surface area (Å²) in [5.74, 6) is 0.269. The Labute approximate surface area is 61.5 Å². The van der Waals surface area contributed by atoms with Gasteiger partial charge in [-0.25, -0.2) is 0 Å². The molecule has 2 nitrogen and oxygen atoms in total. The van der Waals surface area contributed by atoms with Gasteiger partial charge in [-0.1, -0.05) is 20.4 Å². The highest BCUT2D eigenvalue weighted by molar-refractivity contribution is 5.95. The molecular formula is C8H13NO. The number of ketones is 1. The standard InChI is InChI=1S/C8H13NO/c1-6(2)8(10)7(3)9-4-5-9/h6H,3-5H2,1-2H3. The molecule has 1 aliphatic heterocycles. The van der Waals surface area contributed by atoms with Crippen LogP contribution in [0.3, 0.4) is 0 Å². The van der Waals surface area contributed by atoms with Crippen molar-refractivity contribution in [3.63, 3.8) is 0 Å². The summed E-state index contributed by atoms with van der Waals surface area (Å²) in [5, 5.41) is 0. The van der Waals surface area contributed by atoms with Gasteiger partial charge in [-0.15, -0.1) is 0 Å². The first kappa shape index (κ1) is 7.32. The minimum Gasteiger partial charge on any atom is -0.366 e. The third-order valence-electron chi connectivity index (χ3n) is 1.64. The molecule has 0 aromatic heterocycles. The highest BCUT2D eigenvalue weighted by atomic mass is 16.1. The molecule has 0 aromatic carbocycles. The fourth-order valence-electron chi connectivity index (χ4n) is 0.809. The molecular weight excluding hydrogens is 126 g/mol. The Hall–Kier alpha value is -0.790. The van der Waals surface area contributed by atoms with Crippen molar-refractivity contribution in [3.8, 4) is 0 Å². The second-order valence-corrected chi connectivity index (χ2v) is 2.95. The van der Waals surface area contributed by atoms with Crippen molar-refractivity contribution in [2.24, 2.45) is 5.92 Å². The average Bonchev–Trinajstić information content (AvgIpc) is 2.65. The third kappa shape index (κ3) is 1.38. The molecule has 1 fully saturated rings. The van der Waals surface area contributed by atoms with Gasteiger partial charge in [-0.2, -0.15) is 0 Å². The lowest BCUT2D eigenvalue weighted by Crippen LogP contribution is -2.14. The van der Waals surface area contributed by atoms with Gasteiger partial charge in [0, 0.05) is 19.0 Å². The minimum atomic E-state index is 0.0908. The molecule has 56 valence electrons. The summed E-state index contributed by atoms with van der Waals surface area (Å²) < 4.78 is 0. The lowest BCUT2D eigenvalue weighted by Gasteiger charge is -2.07. The number of carbonyl (C=O) groups excluding carboxylic acids is 1. The van der Waals surface area contributed by atoms with Crippen molar-refractivity contribution in [3.05, 3.63) is 12.3 Å². The van der Waals surface area contributed by atoms with E-state index in [1.807, 2.05) is 18.7 Å². The number of rotatable bonds is 3. The summed E-state index contributed by atoms with van der Waals surface area (Å²) in [4.78, 5) is 13.2. The van der Waals surface area contributed by atoms with E-state index in [-0.39, 0.29) is 11.7 Å². The van der Waals surface area contributed by atoms with E-state index in [0.717, 1.165) is 13.1 Å². The van der Waals surface area contributed by atoms with Crippen LogP contribution in [0.15, 0.2) is 12.3 Å². The van der Waals surface area contributed by atoms with Gasteiger partial charge in [-0.05, 0) is 0 Å². The zero-order valence-electron chi connectivity index (χ0n) is 6.55. The lowest BCUT2D eigenvalue weighted by molar-refractivity contribution is -0.119. The van der Waals surface area contributed by atoms with Crippen LogP contribution in [0.5, 0.6) is 0 Å². The average molecular weight is 139 g/mol. The Balaban J connectivity index is 2.47. The molecule has 0 radical (unpaired) electrons. The zero-order valence-corrected chi connectivity index (χ0v) is 6.55. The largest absolute Gasteiger partial charge is 0.366 e. The maximum absolute atomic E-state index is 11.2. The molecule has 0 aromatic rings. The smallest absolute Gasteiger partial charge is 0.180 e. The molecule has 0 N–H and O–H groups in total. The molecule has 0 spiro atoms. The van der Waals surface area contributed by atoms with E-state index in [4.69, 9.17) is 0 Å². The van der Waals surface area contributed by atoms with Gasteiger partial charge in [0.25, 0.3) is 0 Å². The first-order valence-electron chi connectivity index (χ1n) is 3.61. The van der Waals surface area contributed by atoms with Crippen LogP contribution in [0.1, 0.15) is 13.8 Å². The van der Waals surface area contributed by atoms with Crippen molar-refractivity contribution in [1.82, 2.24) is 4.90 Å². The number of hydrogen-bond acceptors (Lipinski definition) is 2. The predicted molar refractivity (Wildman–Crippen MR) is 40.6 cm³/mol. The zero-order chi connectivity index (χ0) is 7.72. The minimum absolute atomic E-state index is 0.0908. The lowest BCUT2D eigenvalue weighted by atomic mass is 10.1.